The lowest BCUT2D eigenvalue weighted by atomic mass is 10.1. The largest absolute Gasteiger partial charge is 0.497 e. The summed E-state index contributed by atoms with van der Waals surface area (Å²) in [7, 11) is 3.05. The second-order valence-corrected chi connectivity index (χ2v) is 8.92. The summed E-state index contributed by atoms with van der Waals surface area (Å²) in [6, 6.07) is 17.1. The highest BCUT2D eigenvalue weighted by Crippen LogP contribution is 2.31. The molecule has 188 valence electrons. The number of methoxy groups -OCH3 is 2. The van der Waals surface area contributed by atoms with Crippen LogP contribution in [0, 0.1) is 0 Å². The summed E-state index contributed by atoms with van der Waals surface area (Å²) < 4.78 is 21.3. The van der Waals surface area contributed by atoms with Crippen molar-refractivity contribution in [2.75, 3.05) is 20.8 Å². The van der Waals surface area contributed by atoms with Crippen molar-refractivity contribution in [1.82, 2.24) is 5.32 Å². The molecule has 0 aliphatic carbocycles. The van der Waals surface area contributed by atoms with Crippen LogP contribution in [-0.4, -0.2) is 44.0 Å². The lowest BCUT2D eigenvalue weighted by Gasteiger charge is -2.20. The van der Waals surface area contributed by atoms with Crippen molar-refractivity contribution in [2.45, 2.75) is 26.3 Å². The first-order valence-corrected chi connectivity index (χ1v) is 11.2. The molecule has 0 aromatic heterocycles. The SMILES string of the molecule is COc1ccc(C(=O)Oc2ccc(C(=O)CNC(C)(C)C)cc2OC(=O)c2ccc(OC)cc2)cc1. The number of Topliss-reactive ketones (excluding diaryl/α,β-unsaturated/α-hetero) is 1. The van der Waals surface area contributed by atoms with Gasteiger partial charge in [-0.1, -0.05) is 0 Å². The molecular weight excluding hydrogens is 462 g/mol. The summed E-state index contributed by atoms with van der Waals surface area (Å²) in [4.78, 5) is 38.3. The number of hydrogen-bond donors (Lipinski definition) is 1. The molecule has 0 unspecified atom stereocenters. The molecular formula is C28H29NO7. The Labute approximate surface area is 210 Å². The van der Waals surface area contributed by atoms with E-state index in [1.54, 1.807) is 48.5 Å². The van der Waals surface area contributed by atoms with Crippen molar-refractivity contribution < 1.29 is 33.3 Å². The van der Waals surface area contributed by atoms with Crippen LogP contribution in [0.5, 0.6) is 23.0 Å². The molecule has 0 bridgehead atoms. The van der Waals surface area contributed by atoms with Crippen molar-refractivity contribution in [3.05, 3.63) is 83.4 Å². The number of nitrogens with one attached hydrogen (secondary N) is 1. The molecule has 0 atom stereocenters. The predicted molar refractivity (Wildman–Crippen MR) is 134 cm³/mol. The minimum absolute atomic E-state index is 0.00184. The van der Waals surface area contributed by atoms with Gasteiger partial charge in [0.1, 0.15) is 11.5 Å². The molecule has 0 heterocycles. The normalized spacial score (nSPS) is 10.9. The quantitative estimate of drug-likeness (QED) is 0.261. The van der Waals surface area contributed by atoms with Crippen molar-refractivity contribution in [3.8, 4) is 23.0 Å². The van der Waals surface area contributed by atoms with E-state index in [0.29, 0.717) is 17.1 Å². The van der Waals surface area contributed by atoms with Gasteiger partial charge in [-0.2, -0.15) is 0 Å². The van der Waals surface area contributed by atoms with E-state index in [4.69, 9.17) is 18.9 Å². The maximum Gasteiger partial charge on any atom is 0.343 e. The first-order chi connectivity index (χ1) is 17.1. The fourth-order valence-electron chi connectivity index (χ4n) is 3.06. The monoisotopic (exact) mass is 491 g/mol. The van der Waals surface area contributed by atoms with E-state index >= 15 is 0 Å². The Morgan fingerprint density at radius 3 is 1.56 bits per heavy atom. The Bertz CT molecular complexity index is 1230. The molecule has 8 heteroatoms. The van der Waals surface area contributed by atoms with Crippen LogP contribution in [0.25, 0.3) is 0 Å². The molecule has 0 saturated carbocycles. The van der Waals surface area contributed by atoms with Crippen LogP contribution in [-0.2, 0) is 0 Å². The fraction of sp³-hybridized carbons (Fsp3) is 0.250. The summed E-state index contributed by atoms with van der Waals surface area (Å²) in [5.41, 5.74) is 0.577. The molecule has 0 saturated heterocycles. The van der Waals surface area contributed by atoms with E-state index in [-0.39, 0.29) is 40.5 Å². The highest BCUT2D eigenvalue weighted by atomic mass is 16.6. The van der Waals surface area contributed by atoms with Crippen LogP contribution in [0.2, 0.25) is 0 Å². The first kappa shape index (κ1) is 26.4. The molecule has 1 N–H and O–H groups in total. The van der Waals surface area contributed by atoms with Gasteiger partial charge in [0, 0.05) is 11.1 Å². The summed E-state index contributed by atoms with van der Waals surface area (Å²) >= 11 is 0. The van der Waals surface area contributed by atoms with Crippen LogP contribution in [0.1, 0.15) is 51.8 Å². The zero-order chi connectivity index (χ0) is 26.3. The first-order valence-electron chi connectivity index (χ1n) is 11.2. The summed E-state index contributed by atoms with van der Waals surface area (Å²) in [5.74, 6) is -0.436. The third-order valence-corrected chi connectivity index (χ3v) is 5.10. The van der Waals surface area contributed by atoms with Gasteiger partial charge in [-0.15, -0.1) is 0 Å². The molecule has 0 amide bonds. The van der Waals surface area contributed by atoms with Crippen LogP contribution >= 0.6 is 0 Å². The molecule has 36 heavy (non-hydrogen) atoms. The Kier molecular flexibility index (Phi) is 8.45. The van der Waals surface area contributed by atoms with Crippen molar-refractivity contribution in [2.24, 2.45) is 0 Å². The van der Waals surface area contributed by atoms with Gasteiger partial charge in [-0.25, -0.2) is 9.59 Å². The molecule has 3 rings (SSSR count). The lowest BCUT2D eigenvalue weighted by Crippen LogP contribution is -2.39. The molecule has 3 aromatic carbocycles. The van der Waals surface area contributed by atoms with Gasteiger partial charge >= 0.3 is 11.9 Å². The molecule has 0 fully saturated rings. The number of benzene rings is 3. The number of ether oxygens (including phenoxy) is 4. The number of hydrogen-bond acceptors (Lipinski definition) is 8. The van der Waals surface area contributed by atoms with Crippen molar-refractivity contribution in [1.29, 1.82) is 0 Å². The van der Waals surface area contributed by atoms with E-state index in [9.17, 15) is 14.4 Å². The fourth-order valence-corrected chi connectivity index (χ4v) is 3.06. The molecule has 3 aromatic rings. The topological polar surface area (TPSA) is 100 Å². The van der Waals surface area contributed by atoms with E-state index in [1.165, 1.54) is 32.4 Å². The maximum atomic E-state index is 12.8. The lowest BCUT2D eigenvalue weighted by molar-refractivity contribution is 0.0682. The van der Waals surface area contributed by atoms with Crippen LogP contribution in [0.15, 0.2) is 66.7 Å². The zero-order valence-corrected chi connectivity index (χ0v) is 20.9. The van der Waals surface area contributed by atoms with Gasteiger partial charge in [0.2, 0.25) is 0 Å². The number of esters is 2. The average molecular weight is 492 g/mol. The highest BCUT2D eigenvalue weighted by molar-refractivity contribution is 5.99. The Morgan fingerprint density at radius 2 is 1.11 bits per heavy atom. The van der Waals surface area contributed by atoms with Crippen LogP contribution in [0.4, 0.5) is 0 Å². The van der Waals surface area contributed by atoms with E-state index < -0.39 is 11.9 Å². The Hall–Kier alpha value is -4.17. The summed E-state index contributed by atoms with van der Waals surface area (Å²) in [6.45, 7) is 5.93. The predicted octanol–water partition coefficient (Wildman–Crippen LogP) is 4.71. The third kappa shape index (κ3) is 7.16. The standard InChI is InChI=1S/C28H29NO7/c1-28(2,3)29-17-23(30)20-10-15-24(35-26(31)18-6-11-21(33-4)12-7-18)25(16-20)36-27(32)19-8-13-22(34-5)14-9-19/h6-16,29H,17H2,1-5H3. The van der Waals surface area contributed by atoms with E-state index in [1.807, 2.05) is 20.8 Å². The van der Waals surface area contributed by atoms with Crippen LogP contribution in [0.3, 0.4) is 0 Å². The van der Waals surface area contributed by atoms with Crippen LogP contribution < -0.4 is 24.3 Å². The second-order valence-electron chi connectivity index (χ2n) is 8.92. The van der Waals surface area contributed by atoms with E-state index in [0.717, 1.165) is 0 Å². The minimum Gasteiger partial charge on any atom is -0.497 e. The van der Waals surface area contributed by atoms with Gasteiger partial charge in [0.25, 0.3) is 0 Å². The van der Waals surface area contributed by atoms with Crippen molar-refractivity contribution in [3.63, 3.8) is 0 Å². The second kappa shape index (κ2) is 11.5. The van der Waals surface area contributed by atoms with Gasteiger partial charge in [-0.05, 0) is 87.5 Å². The zero-order valence-electron chi connectivity index (χ0n) is 20.9. The van der Waals surface area contributed by atoms with Crippen molar-refractivity contribution >= 4 is 17.7 Å². The molecule has 0 aliphatic heterocycles. The van der Waals surface area contributed by atoms with E-state index in [2.05, 4.69) is 5.32 Å². The minimum atomic E-state index is -0.684. The number of ketones is 1. The molecule has 0 aliphatic rings. The molecule has 8 nitrogen and oxygen atoms in total. The molecule has 0 radical (unpaired) electrons. The Balaban J connectivity index is 1.88. The number of rotatable bonds is 9. The van der Waals surface area contributed by atoms with Gasteiger partial charge < -0.3 is 24.3 Å². The summed E-state index contributed by atoms with van der Waals surface area (Å²) in [6.07, 6.45) is 0. The maximum absolute atomic E-state index is 12.8. The number of carbonyl (C=O) groups excluding carboxylic acids is 3. The average Bonchev–Trinajstić information content (AvgIpc) is 2.87. The number of carbonyl (C=O) groups is 3. The van der Waals surface area contributed by atoms with Gasteiger partial charge in [0.05, 0.1) is 31.9 Å². The Morgan fingerprint density at radius 1 is 0.667 bits per heavy atom. The highest BCUT2D eigenvalue weighted by Gasteiger charge is 2.20. The third-order valence-electron chi connectivity index (χ3n) is 5.10. The van der Waals surface area contributed by atoms with Gasteiger partial charge in [-0.3, -0.25) is 4.79 Å². The smallest absolute Gasteiger partial charge is 0.343 e. The summed E-state index contributed by atoms with van der Waals surface area (Å²) in [5, 5.41) is 3.13. The molecule has 0 spiro atoms. The van der Waals surface area contributed by atoms with Gasteiger partial charge in [0.15, 0.2) is 17.3 Å².